The van der Waals surface area contributed by atoms with Crippen molar-refractivity contribution in [3.8, 4) is 0 Å². The van der Waals surface area contributed by atoms with Crippen LogP contribution in [0.2, 0.25) is 0 Å². The lowest BCUT2D eigenvalue weighted by Crippen LogP contribution is -2.41. The summed E-state index contributed by atoms with van der Waals surface area (Å²) in [7, 11) is -2.21. The van der Waals surface area contributed by atoms with Gasteiger partial charge in [0, 0.05) is 5.41 Å². The Hall–Kier alpha value is -2.44. The number of ether oxygens (including phenoxy) is 1. The largest absolute Gasteiger partial charge is 0.459 e. The first-order chi connectivity index (χ1) is 15.9. The van der Waals surface area contributed by atoms with Gasteiger partial charge >= 0.3 is 5.97 Å². The molecule has 3 atom stereocenters. The van der Waals surface area contributed by atoms with Crippen molar-refractivity contribution in [3.05, 3.63) is 91.0 Å². The first-order valence-electron chi connectivity index (χ1n) is 12.1. The molecule has 0 amide bonds. The molecule has 170 valence electrons. The fraction of sp³-hybridized carbons (Fsp3) is 0.367. The molecule has 3 aromatic carbocycles. The van der Waals surface area contributed by atoms with E-state index in [1.165, 1.54) is 22.3 Å². The molecule has 0 spiro atoms. The van der Waals surface area contributed by atoms with Crippen LogP contribution in [0, 0.1) is 16.7 Å². The molecule has 0 radical (unpaired) electrons. The van der Waals surface area contributed by atoms with Crippen LogP contribution in [0.4, 0.5) is 0 Å². The Morgan fingerprint density at radius 2 is 1.27 bits per heavy atom. The standard InChI is InChI=1S/C30H34O2P/c1-29(2)23-19-20-30(29,3)27(21-23)32-28(31)22-33(24-13-7-4-8-14-24,25-15-9-5-10-16-25)26-17-11-6-12-18-26/h4-18,23,27H,19-22H2,1-3H3/q+1/t23-,27+,30+/m1/s1. The van der Waals surface area contributed by atoms with Gasteiger partial charge in [0.1, 0.15) is 29.3 Å². The Balaban J connectivity index is 1.55. The molecule has 3 heteroatoms. The van der Waals surface area contributed by atoms with Gasteiger partial charge in [0.05, 0.1) is 0 Å². The predicted octanol–water partition coefficient (Wildman–Crippen LogP) is 5.74. The Morgan fingerprint density at radius 3 is 1.64 bits per heavy atom. The van der Waals surface area contributed by atoms with Crippen LogP contribution in [-0.4, -0.2) is 18.2 Å². The van der Waals surface area contributed by atoms with Gasteiger partial charge in [-0.15, -0.1) is 0 Å². The second-order valence-corrected chi connectivity index (χ2v) is 14.0. The van der Waals surface area contributed by atoms with Gasteiger partial charge in [-0.1, -0.05) is 75.4 Å². The summed E-state index contributed by atoms with van der Waals surface area (Å²) >= 11 is 0. The smallest absolute Gasteiger partial charge is 0.345 e. The Kier molecular flexibility index (Phi) is 5.69. The summed E-state index contributed by atoms with van der Waals surface area (Å²) < 4.78 is 6.39. The third-order valence-electron chi connectivity index (χ3n) is 8.94. The summed E-state index contributed by atoms with van der Waals surface area (Å²) in [5, 5.41) is 3.66. The van der Waals surface area contributed by atoms with Crippen molar-refractivity contribution in [1.82, 2.24) is 0 Å². The van der Waals surface area contributed by atoms with E-state index in [1.54, 1.807) is 0 Å². The van der Waals surface area contributed by atoms with E-state index >= 15 is 0 Å². The lowest BCUT2D eigenvalue weighted by Gasteiger charge is -2.38. The molecule has 2 nitrogen and oxygen atoms in total. The van der Waals surface area contributed by atoms with Crippen molar-refractivity contribution >= 4 is 29.1 Å². The highest BCUT2D eigenvalue weighted by molar-refractivity contribution is 7.96. The van der Waals surface area contributed by atoms with Crippen LogP contribution >= 0.6 is 7.26 Å². The van der Waals surface area contributed by atoms with Crippen LogP contribution in [0.15, 0.2) is 91.0 Å². The summed E-state index contributed by atoms with van der Waals surface area (Å²) in [6.07, 6.45) is 3.82. The number of carbonyl (C=O) groups is 1. The van der Waals surface area contributed by atoms with E-state index in [-0.39, 0.29) is 22.9 Å². The minimum absolute atomic E-state index is 0.0166. The van der Waals surface area contributed by atoms with Crippen molar-refractivity contribution in [2.24, 2.45) is 16.7 Å². The summed E-state index contributed by atoms with van der Waals surface area (Å²) in [4.78, 5) is 13.8. The first-order valence-corrected chi connectivity index (χ1v) is 14.1. The molecule has 0 saturated heterocycles. The molecule has 2 fully saturated rings. The molecule has 2 saturated carbocycles. The highest BCUT2D eigenvalue weighted by Gasteiger charge is 2.63. The number of rotatable bonds is 6. The van der Waals surface area contributed by atoms with E-state index in [2.05, 4.69) is 93.6 Å². The molecular formula is C30H34O2P+. The lowest BCUT2D eigenvalue weighted by molar-refractivity contribution is -0.153. The van der Waals surface area contributed by atoms with E-state index in [1.807, 2.05) is 18.2 Å². The molecule has 33 heavy (non-hydrogen) atoms. The van der Waals surface area contributed by atoms with E-state index < -0.39 is 7.26 Å². The number of hydrogen-bond acceptors (Lipinski definition) is 2. The van der Waals surface area contributed by atoms with E-state index in [4.69, 9.17) is 4.74 Å². The Labute approximate surface area is 198 Å². The van der Waals surface area contributed by atoms with Gasteiger partial charge in [0.2, 0.25) is 0 Å². The van der Waals surface area contributed by atoms with Gasteiger partial charge in [0.25, 0.3) is 0 Å². The average molecular weight is 458 g/mol. The van der Waals surface area contributed by atoms with Gasteiger partial charge < -0.3 is 4.74 Å². The maximum Gasteiger partial charge on any atom is 0.345 e. The summed E-state index contributed by atoms with van der Waals surface area (Å²) in [6, 6.07) is 31.7. The monoisotopic (exact) mass is 457 g/mol. The summed E-state index contributed by atoms with van der Waals surface area (Å²) in [5.74, 6) is 0.590. The molecule has 2 aliphatic rings. The quantitative estimate of drug-likeness (QED) is 0.349. The van der Waals surface area contributed by atoms with Crippen LogP contribution < -0.4 is 15.9 Å². The molecule has 2 bridgehead atoms. The lowest BCUT2D eigenvalue weighted by atomic mass is 9.70. The average Bonchev–Trinajstić information content (AvgIpc) is 3.18. The number of fused-ring (bicyclic) bond motifs is 2. The number of esters is 1. The normalized spacial score (nSPS) is 25.7. The molecular weight excluding hydrogens is 423 g/mol. The van der Waals surface area contributed by atoms with Crippen molar-refractivity contribution < 1.29 is 9.53 Å². The molecule has 5 rings (SSSR count). The van der Waals surface area contributed by atoms with Gasteiger partial charge in [-0.05, 0) is 67.0 Å². The van der Waals surface area contributed by atoms with Crippen LogP contribution in [0.1, 0.15) is 40.0 Å². The summed E-state index contributed by atoms with van der Waals surface area (Å²) in [5.41, 5.74) is 0.295. The Bertz CT molecular complexity index is 1010. The zero-order valence-electron chi connectivity index (χ0n) is 19.9. The highest BCUT2D eigenvalue weighted by Crippen LogP contribution is 2.66. The fourth-order valence-corrected chi connectivity index (χ4v) is 10.4. The molecule has 3 aromatic rings. The number of hydrogen-bond donors (Lipinski definition) is 0. The molecule has 0 unspecified atom stereocenters. The minimum Gasteiger partial charge on any atom is -0.459 e. The molecule has 0 aliphatic heterocycles. The van der Waals surface area contributed by atoms with E-state index in [0.717, 1.165) is 12.8 Å². The maximum atomic E-state index is 13.8. The van der Waals surface area contributed by atoms with Crippen LogP contribution in [-0.2, 0) is 9.53 Å². The van der Waals surface area contributed by atoms with Crippen LogP contribution in [0.3, 0.4) is 0 Å². The number of benzene rings is 3. The van der Waals surface area contributed by atoms with Gasteiger partial charge in [-0.25, -0.2) is 4.79 Å². The summed E-state index contributed by atoms with van der Waals surface area (Å²) in [6.45, 7) is 7.08. The van der Waals surface area contributed by atoms with Crippen LogP contribution in [0.25, 0.3) is 0 Å². The zero-order chi connectivity index (χ0) is 23.1. The SMILES string of the molecule is CC1(C)[C@@H]2CC[C@@]1(C)[C@@H](OC(=O)C[P+](c1ccccc1)(c1ccccc1)c1ccccc1)C2. The van der Waals surface area contributed by atoms with Gasteiger partial charge in [0.15, 0.2) is 6.16 Å². The van der Waals surface area contributed by atoms with Crippen molar-refractivity contribution in [3.63, 3.8) is 0 Å². The third kappa shape index (κ3) is 3.55. The zero-order valence-corrected chi connectivity index (χ0v) is 20.8. The van der Waals surface area contributed by atoms with Crippen molar-refractivity contribution in [2.75, 3.05) is 6.16 Å². The topological polar surface area (TPSA) is 26.3 Å². The fourth-order valence-electron chi connectivity index (χ4n) is 6.47. The maximum absolute atomic E-state index is 13.8. The molecule has 0 heterocycles. The minimum atomic E-state index is -2.21. The molecule has 0 aromatic heterocycles. The molecule has 0 N–H and O–H groups in total. The predicted molar refractivity (Wildman–Crippen MR) is 139 cm³/mol. The second-order valence-electron chi connectivity index (χ2n) is 10.6. The third-order valence-corrected chi connectivity index (χ3v) is 13.2. The van der Waals surface area contributed by atoms with E-state index in [9.17, 15) is 4.79 Å². The van der Waals surface area contributed by atoms with Gasteiger partial charge in [-0.2, -0.15) is 0 Å². The second kappa shape index (κ2) is 8.41. The van der Waals surface area contributed by atoms with Crippen molar-refractivity contribution in [2.45, 2.75) is 46.1 Å². The number of carbonyl (C=O) groups excluding carboxylic acids is 1. The van der Waals surface area contributed by atoms with Crippen LogP contribution in [0.5, 0.6) is 0 Å². The molecule has 2 aliphatic carbocycles. The van der Waals surface area contributed by atoms with E-state index in [0.29, 0.717) is 12.1 Å². The highest BCUT2D eigenvalue weighted by atomic mass is 31.2. The van der Waals surface area contributed by atoms with Gasteiger partial charge in [-0.3, -0.25) is 0 Å². The first kappa shape index (κ1) is 22.4. The Morgan fingerprint density at radius 1 is 0.818 bits per heavy atom. The van der Waals surface area contributed by atoms with Crippen molar-refractivity contribution in [1.29, 1.82) is 0 Å².